The van der Waals surface area contributed by atoms with Crippen molar-refractivity contribution in [1.82, 2.24) is 5.32 Å². The molecule has 2 nitrogen and oxygen atoms in total. The summed E-state index contributed by atoms with van der Waals surface area (Å²) in [5, 5.41) is 3.16. The normalized spacial score (nSPS) is 7.45. The molecule has 4 heteroatoms. The summed E-state index contributed by atoms with van der Waals surface area (Å²) in [6, 6.07) is 0. The summed E-state index contributed by atoms with van der Waals surface area (Å²) in [6.07, 6.45) is 2.77. The van der Waals surface area contributed by atoms with Crippen molar-refractivity contribution in [3.8, 4) is 0 Å². The van der Waals surface area contributed by atoms with Crippen molar-refractivity contribution in [2.24, 2.45) is 5.73 Å². The van der Waals surface area contributed by atoms with Crippen LogP contribution in [0.4, 0.5) is 0 Å². The Kier molecular flexibility index (Phi) is 17.4. The Labute approximate surface area is 90.4 Å². The molecule has 0 rings (SSSR count). The van der Waals surface area contributed by atoms with Crippen LogP contribution in [0.15, 0.2) is 6.08 Å². The van der Waals surface area contributed by atoms with Gasteiger partial charge in [0.25, 0.3) is 0 Å². The first-order chi connectivity index (χ1) is 5.22. The summed E-state index contributed by atoms with van der Waals surface area (Å²) < 4.78 is 3.46. The van der Waals surface area contributed by atoms with E-state index in [2.05, 4.69) is 22.5 Å². The Morgan fingerprint density at radius 3 is 2.55 bits per heavy atom. The van der Waals surface area contributed by atoms with Gasteiger partial charge in [-0.1, -0.05) is 0 Å². The Morgan fingerprint density at radius 2 is 2.27 bits per heavy atom. The molecule has 0 aliphatic heterocycles. The van der Waals surface area contributed by atoms with Crippen molar-refractivity contribution in [1.29, 1.82) is 0 Å². The van der Waals surface area contributed by atoms with Crippen molar-refractivity contribution < 1.29 is 38.7 Å². The van der Waals surface area contributed by atoms with E-state index in [0.29, 0.717) is 0 Å². The molecule has 0 aromatic carbocycles. The average molecular weight is 492 g/mol. The number of hydrogen-bond acceptors (Lipinski definition) is 2. The van der Waals surface area contributed by atoms with Gasteiger partial charge in [0.2, 0.25) is 0 Å². The van der Waals surface area contributed by atoms with Gasteiger partial charge < -0.3 is 0 Å². The Balaban J connectivity index is 0. The van der Waals surface area contributed by atoms with Gasteiger partial charge in [-0.3, -0.25) is 0 Å². The molecule has 0 bridgehead atoms. The van der Waals surface area contributed by atoms with Gasteiger partial charge >= 0.3 is 90.8 Å². The van der Waals surface area contributed by atoms with Crippen LogP contribution in [0.2, 0.25) is 0 Å². The zero-order valence-electron chi connectivity index (χ0n) is 6.46. The summed E-state index contributed by atoms with van der Waals surface area (Å²) >= 11 is 2.60. The summed E-state index contributed by atoms with van der Waals surface area (Å²) in [7, 11) is 0. The number of nitrogens with two attached hydrogens (primary N) is 1. The summed E-state index contributed by atoms with van der Waals surface area (Å²) in [6.45, 7) is 8.37. The van der Waals surface area contributed by atoms with E-state index in [-0.39, 0.29) is 0 Å². The van der Waals surface area contributed by atoms with Crippen LogP contribution >= 0.6 is 0 Å². The first-order valence-electron chi connectivity index (χ1n) is 3.13. The third-order valence-electron chi connectivity index (χ3n) is 0.701. The van der Waals surface area contributed by atoms with E-state index in [9.17, 15) is 0 Å². The van der Waals surface area contributed by atoms with Crippen molar-refractivity contribution in [2.75, 3.05) is 6.54 Å². The fourth-order valence-electron chi connectivity index (χ4n) is 0.307. The molecule has 11 heavy (non-hydrogen) atoms. The van der Waals surface area contributed by atoms with Gasteiger partial charge in [-0.05, 0) is 0 Å². The molecule has 0 aliphatic rings. The molecule has 0 heterocycles. The second-order valence-electron chi connectivity index (χ2n) is 1.58. The molecule has 0 spiro atoms. The molecule has 64 valence electrons. The molecule has 0 unspecified atom stereocenters. The fourth-order valence-corrected chi connectivity index (χ4v) is 0.674. The zero-order valence-corrected chi connectivity index (χ0v) is 12.3. The third kappa shape index (κ3) is 18.1. The molecular formula is C7H12N2W2-2. The van der Waals surface area contributed by atoms with Crippen LogP contribution in [0.25, 0.3) is 0 Å². The monoisotopic (exact) mass is 492 g/mol. The Morgan fingerprint density at radius 1 is 1.82 bits per heavy atom. The van der Waals surface area contributed by atoms with Gasteiger partial charge in [-0.25, -0.2) is 0 Å². The van der Waals surface area contributed by atoms with Crippen LogP contribution in [-0.4, -0.2) is 15.1 Å². The number of nitrogens with one attached hydrogen (secondary N) is 1. The maximum absolute atomic E-state index is 5.21. The molecule has 0 aromatic rings. The molecule has 0 aromatic heterocycles. The average Bonchev–Trinajstić information content (AvgIpc) is 2.02. The predicted molar refractivity (Wildman–Crippen MR) is 41.4 cm³/mol. The first-order valence-corrected chi connectivity index (χ1v) is 6.06. The molecular weight excluding hydrogens is 480 g/mol. The van der Waals surface area contributed by atoms with E-state index in [4.69, 9.17) is 6.58 Å². The minimum atomic E-state index is 1.03. The first kappa shape index (κ1) is 14.3. The summed E-state index contributed by atoms with van der Waals surface area (Å²) in [4.78, 5) is 0. The van der Waals surface area contributed by atoms with Crippen molar-refractivity contribution in [3.05, 3.63) is 12.7 Å². The van der Waals surface area contributed by atoms with Crippen LogP contribution in [0.1, 0.15) is 13.3 Å². The second-order valence-corrected chi connectivity index (χ2v) is 4.00. The van der Waals surface area contributed by atoms with Crippen molar-refractivity contribution >= 4 is 8.55 Å². The predicted octanol–water partition coefficient (Wildman–Crippen LogP) is -0.220. The number of rotatable bonds is 4. The quantitative estimate of drug-likeness (QED) is 0.422. The van der Waals surface area contributed by atoms with Gasteiger partial charge in [0, 0.05) is 0 Å². The van der Waals surface area contributed by atoms with Gasteiger partial charge in [0.1, 0.15) is 0 Å². The molecule has 0 saturated heterocycles. The van der Waals surface area contributed by atoms with E-state index < -0.39 is 0 Å². The van der Waals surface area contributed by atoms with Gasteiger partial charge in [-0.15, -0.1) is 0 Å². The Bertz CT molecular complexity index is 124. The van der Waals surface area contributed by atoms with Crippen molar-refractivity contribution in [3.63, 3.8) is 0 Å². The van der Waals surface area contributed by atoms with Gasteiger partial charge in [0.15, 0.2) is 0 Å². The molecule has 0 aliphatic carbocycles. The molecule has 0 radical (unpaired) electrons. The number of hydrogen-bond donors (Lipinski definition) is 2. The Hall–Kier alpha value is 0.777. The van der Waals surface area contributed by atoms with Crippen LogP contribution < -0.4 is 11.1 Å². The van der Waals surface area contributed by atoms with E-state index >= 15 is 0 Å². The van der Waals surface area contributed by atoms with E-state index in [1.165, 1.54) is 38.7 Å². The van der Waals surface area contributed by atoms with Gasteiger partial charge in [-0.2, -0.15) is 0 Å². The molecule has 0 saturated carbocycles. The molecule has 0 fully saturated rings. The topological polar surface area (TPSA) is 38.0 Å². The summed E-state index contributed by atoms with van der Waals surface area (Å²) in [5.41, 5.74) is 4.63. The maximum atomic E-state index is 5.21. The van der Waals surface area contributed by atoms with E-state index in [1.807, 2.05) is 0 Å². The summed E-state index contributed by atoms with van der Waals surface area (Å²) in [5.74, 6) is 0. The fraction of sp³-hybridized carbons (Fsp3) is 0.429. The second kappa shape index (κ2) is 13.4. The SMILES string of the molecule is N[C-]=[W].[CH-]=C[C](=[W])NCCC. The standard InChI is InChI=1S/C6H10N.CH2N.2W/c1-3-5-7-6-4-2;1-2;;/h1,3,7H,4,6H2,2H3;2H2;;/q2*-1;;. The van der Waals surface area contributed by atoms with E-state index in [1.54, 1.807) is 6.08 Å². The molecule has 0 atom stereocenters. The minimum absolute atomic E-state index is 1.03. The zero-order chi connectivity index (χ0) is 9.11. The molecule has 0 amide bonds. The van der Waals surface area contributed by atoms with Crippen LogP contribution in [-0.2, 0) is 38.7 Å². The third-order valence-corrected chi connectivity index (χ3v) is 1.71. The van der Waals surface area contributed by atoms with Crippen LogP contribution in [0.3, 0.4) is 0 Å². The van der Waals surface area contributed by atoms with Crippen molar-refractivity contribution in [2.45, 2.75) is 13.3 Å². The molecule has 3 N–H and O–H groups in total. The van der Waals surface area contributed by atoms with Crippen LogP contribution in [0, 0.1) is 6.58 Å². The van der Waals surface area contributed by atoms with Crippen LogP contribution in [0.5, 0.6) is 0 Å². The van der Waals surface area contributed by atoms with E-state index in [0.717, 1.165) is 17.0 Å². The van der Waals surface area contributed by atoms with Gasteiger partial charge in [0.05, 0.1) is 0 Å².